The van der Waals surface area contributed by atoms with Crippen LogP contribution in [0.2, 0.25) is 0 Å². The van der Waals surface area contributed by atoms with Crippen LogP contribution in [0.4, 0.5) is 0 Å². The molecule has 0 aromatic carbocycles. The predicted octanol–water partition coefficient (Wildman–Crippen LogP) is 1.77. The van der Waals surface area contributed by atoms with Crippen LogP contribution in [-0.4, -0.2) is 18.5 Å². The van der Waals surface area contributed by atoms with Gasteiger partial charge in [0.05, 0.1) is 18.3 Å². The summed E-state index contributed by atoms with van der Waals surface area (Å²) in [4.78, 5) is 12.3. The summed E-state index contributed by atoms with van der Waals surface area (Å²) in [5, 5.41) is 6.45. The van der Waals surface area contributed by atoms with E-state index in [9.17, 15) is 4.79 Å². The number of carbonyl (C=O) groups excluding carboxylic acids is 1. The minimum Gasteiger partial charge on any atom is -0.469 e. The van der Waals surface area contributed by atoms with Gasteiger partial charge in [0.25, 0.3) is 0 Å². The van der Waals surface area contributed by atoms with Gasteiger partial charge in [0, 0.05) is 12.0 Å². The summed E-state index contributed by atoms with van der Waals surface area (Å²) in [6, 6.07) is 2.10. The van der Waals surface area contributed by atoms with Gasteiger partial charge in [-0.1, -0.05) is 6.92 Å². The molecule has 1 saturated heterocycles. The van der Waals surface area contributed by atoms with E-state index in [1.807, 2.05) is 6.07 Å². The molecule has 2 heterocycles. The molecule has 4 heteroatoms. The van der Waals surface area contributed by atoms with Gasteiger partial charge in [-0.15, -0.1) is 0 Å². The summed E-state index contributed by atoms with van der Waals surface area (Å²) in [7, 11) is 0. The molecular weight excluding hydrogens is 228 g/mol. The van der Waals surface area contributed by atoms with Crippen molar-refractivity contribution in [3.8, 4) is 0 Å². The van der Waals surface area contributed by atoms with Gasteiger partial charge < -0.3 is 15.1 Å². The fourth-order valence-corrected chi connectivity index (χ4v) is 3.08. The highest BCUT2D eigenvalue weighted by Gasteiger charge is 2.32. The highest BCUT2D eigenvalue weighted by molar-refractivity contribution is 5.82. The van der Waals surface area contributed by atoms with E-state index in [2.05, 4.69) is 17.6 Å². The molecule has 3 unspecified atom stereocenters. The van der Waals surface area contributed by atoms with Crippen LogP contribution in [0.5, 0.6) is 0 Å². The van der Waals surface area contributed by atoms with Crippen LogP contribution < -0.4 is 10.6 Å². The first-order valence-electron chi connectivity index (χ1n) is 6.85. The summed E-state index contributed by atoms with van der Waals surface area (Å²) >= 11 is 0. The summed E-state index contributed by atoms with van der Waals surface area (Å²) < 4.78 is 5.45. The Kier molecular flexibility index (Phi) is 3.12. The molecule has 1 aliphatic heterocycles. The molecule has 1 aliphatic carbocycles. The predicted molar refractivity (Wildman–Crippen MR) is 68.1 cm³/mol. The molecule has 0 spiro atoms. The molecule has 0 bridgehead atoms. The fourth-order valence-electron chi connectivity index (χ4n) is 3.08. The Bertz CT molecular complexity index is 441. The number of fused-ring (bicyclic) bond motifs is 1. The third-order valence-electron chi connectivity index (χ3n) is 4.18. The first kappa shape index (κ1) is 11.8. The Labute approximate surface area is 107 Å². The van der Waals surface area contributed by atoms with Crippen molar-refractivity contribution in [1.82, 2.24) is 10.6 Å². The van der Waals surface area contributed by atoms with E-state index >= 15 is 0 Å². The maximum absolute atomic E-state index is 12.3. The van der Waals surface area contributed by atoms with E-state index < -0.39 is 0 Å². The van der Waals surface area contributed by atoms with Gasteiger partial charge >= 0.3 is 0 Å². The lowest BCUT2D eigenvalue weighted by atomic mass is 9.92. The van der Waals surface area contributed by atoms with E-state index in [1.54, 1.807) is 6.26 Å². The van der Waals surface area contributed by atoms with E-state index in [0.29, 0.717) is 5.92 Å². The summed E-state index contributed by atoms with van der Waals surface area (Å²) in [6.07, 6.45) is 5.90. The average Bonchev–Trinajstić information content (AvgIpc) is 2.97. The van der Waals surface area contributed by atoms with Crippen LogP contribution in [0.1, 0.15) is 43.6 Å². The highest BCUT2D eigenvalue weighted by atomic mass is 16.3. The molecule has 1 amide bonds. The van der Waals surface area contributed by atoms with Gasteiger partial charge in [-0.3, -0.25) is 4.79 Å². The Morgan fingerprint density at radius 3 is 3.17 bits per heavy atom. The van der Waals surface area contributed by atoms with Crippen molar-refractivity contribution in [2.75, 3.05) is 6.54 Å². The van der Waals surface area contributed by atoms with Crippen molar-refractivity contribution in [2.24, 2.45) is 5.92 Å². The van der Waals surface area contributed by atoms with Crippen molar-refractivity contribution >= 4 is 5.91 Å². The first-order chi connectivity index (χ1) is 8.75. The second-order valence-corrected chi connectivity index (χ2v) is 5.45. The zero-order valence-corrected chi connectivity index (χ0v) is 10.7. The highest BCUT2D eigenvalue weighted by Crippen LogP contribution is 2.30. The van der Waals surface area contributed by atoms with Crippen LogP contribution >= 0.6 is 0 Å². The monoisotopic (exact) mass is 248 g/mol. The maximum Gasteiger partial charge on any atom is 0.237 e. The number of carbonyl (C=O) groups is 1. The molecule has 0 radical (unpaired) electrons. The first-order valence-corrected chi connectivity index (χ1v) is 6.85. The molecule has 18 heavy (non-hydrogen) atoms. The van der Waals surface area contributed by atoms with E-state index in [1.165, 1.54) is 5.56 Å². The normalized spacial score (nSPS) is 31.1. The Balaban J connectivity index is 1.69. The second-order valence-electron chi connectivity index (χ2n) is 5.45. The van der Waals surface area contributed by atoms with E-state index in [0.717, 1.165) is 38.0 Å². The molecule has 2 aliphatic rings. The lowest BCUT2D eigenvalue weighted by molar-refractivity contribution is -0.124. The van der Waals surface area contributed by atoms with E-state index in [-0.39, 0.29) is 18.0 Å². The number of nitrogens with one attached hydrogen (secondary N) is 2. The van der Waals surface area contributed by atoms with Gasteiger partial charge in [-0.25, -0.2) is 0 Å². The molecule has 1 aromatic rings. The van der Waals surface area contributed by atoms with Crippen LogP contribution in [0.15, 0.2) is 16.7 Å². The average molecular weight is 248 g/mol. The quantitative estimate of drug-likeness (QED) is 0.838. The van der Waals surface area contributed by atoms with Crippen molar-refractivity contribution in [2.45, 2.75) is 44.7 Å². The van der Waals surface area contributed by atoms with Crippen LogP contribution in [-0.2, 0) is 11.2 Å². The summed E-state index contributed by atoms with van der Waals surface area (Å²) in [6.45, 7) is 3.08. The molecule has 1 fully saturated rings. The van der Waals surface area contributed by atoms with Crippen molar-refractivity contribution < 1.29 is 9.21 Å². The van der Waals surface area contributed by atoms with Crippen molar-refractivity contribution in [3.63, 3.8) is 0 Å². The van der Waals surface area contributed by atoms with Crippen LogP contribution in [0.3, 0.4) is 0 Å². The Morgan fingerprint density at radius 1 is 1.50 bits per heavy atom. The molecule has 3 atom stereocenters. The lowest BCUT2D eigenvalue weighted by Gasteiger charge is -2.25. The zero-order valence-electron chi connectivity index (χ0n) is 10.7. The van der Waals surface area contributed by atoms with Gasteiger partial charge in [-0.2, -0.15) is 0 Å². The van der Waals surface area contributed by atoms with Gasteiger partial charge in [-0.05, 0) is 37.8 Å². The number of hydrogen-bond donors (Lipinski definition) is 2. The minimum absolute atomic E-state index is 0.0257. The standard InChI is InChI=1S/C14H20N2O2/c1-9-5-7-15-13(9)14(17)16-11-3-2-4-12-10(11)6-8-18-12/h6,8-9,11,13,15H,2-5,7H2,1H3,(H,16,17). The topological polar surface area (TPSA) is 54.3 Å². The molecule has 3 rings (SSSR count). The number of aryl methyl sites for hydroxylation is 1. The number of amides is 1. The van der Waals surface area contributed by atoms with Gasteiger partial charge in [0.2, 0.25) is 5.91 Å². The van der Waals surface area contributed by atoms with Gasteiger partial charge in [0.1, 0.15) is 5.76 Å². The van der Waals surface area contributed by atoms with Crippen molar-refractivity contribution in [3.05, 3.63) is 23.7 Å². The third-order valence-corrected chi connectivity index (χ3v) is 4.18. The number of furan rings is 1. The summed E-state index contributed by atoms with van der Waals surface area (Å²) in [5.41, 5.74) is 1.17. The molecule has 0 saturated carbocycles. The molecule has 98 valence electrons. The molecule has 4 nitrogen and oxygen atoms in total. The van der Waals surface area contributed by atoms with Gasteiger partial charge in [0.15, 0.2) is 0 Å². The summed E-state index contributed by atoms with van der Waals surface area (Å²) in [5.74, 6) is 1.61. The lowest BCUT2D eigenvalue weighted by Crippen LogP contribution is -2.45. The van der Waals surface area contributed by atoms with Crippen LogP contribution in [0, 0.1) is 5.92 Å². The van der Waals surface area contributed by atoms with Crippen LogP contribution in [0.25, 0.3) is 0 Å². The Morgan fingerprint density at radius 2 is 2.39 bits per heavy atom. The fraction of sp³-hybridized carbons (Fsp3) is 0.643. The largest absolute Gasteiger partial charge is 0.469 e. The maximum atomic E-state index is 12.3. The third kappa shape index (κ3) is 2.05. The molecular formula is C14H20N2O2. The molecule has 1 aromatic heterocycles. The smallest absolute Gasteiger partial charge is 0.237 e. The minimum atomic E-state index is -0.0257. The SMILES string of the molecule is CC1CCNC1C(=O)NC1CCCc2occc21. The van der Waals surface area contributed by atoms with Crippen molar-refractivity contribution in [1.29, 1.82) is 0 Å². The Hall–Kier alpha value is -1.29. The second kappa shape index (κ2) is 4.76. The molecule has 2 N–H and O–H groups in total. The van der Waals surface area contributed by atoms with E-state index in [4.69, 9.17) is 4.42 Å². The number of hydrogen-bond acceptors (Lipinski definition) is 3. The number of rotatable bonds is 2. The zero-order chi connectivity index (χ0) is 12.5.